The number of fused-ring (bicyclic) bond motifs is 1. The van der Waals surface area contributed by atoms with Crippen LogP contribution in [0.3, 0.4) is 0 Å². The summed E-state index contributed by atoms with van der Waals surface area (Å²) in [7, 11) is 0. The summed E-state index contributed by atoms with van der Waals surface area (Å²) in [6, 6.07) is 12.3. The first-order valence-electron chi connectivity index (χ1n) is 5.74. The Morgan fingerprint density at radius 3 is 2.72 bits per heavy atom. The van der Waals surface area contributed by atoms with Gasteiger partial charge >= 0.3 is 0 Å². The normalized spacial score (nSPS) is 11.0. The van der Waals surface area contributed by atoms with Crippen molar-refractivity contribution in [3.8, 4) is 11.4 Å². The molecule has 0 saturated carbocycles. The van der Waals surface area contributed by atoms with Gasteiger partial charge in [-0.25, -0.2) is 9.97 Å². The van der Waals surface area contributed by atoms with Crippen molar-refractivity contribution in [2.45, 2.75) is 11.8 Å². The lowest BCUT2D eigenvalue weighted by Crippen LogP contribution is -1.83. The van der Waals surface area contributed by atoms with E-state index in [9.17, 15) is 0 Å². The van der Waals surface area contributed by atoms with Gasteiger partial charge in [-0.15, -0.1) is 11.8 Å². The van der Waals surface area contributed by atoms with Crippen molar-refractivity contribution in [1.29, 1.82) is 0 Å². The summed E-state index contributed by atoms with van der Waals surface area (Å²) in [5.41, 5.74) is 3.87. The fourth-order valence-electron chi connectivity index (χ4n) is 1.96. The summed E-state index contributed by atoms with van der Waals surface area (Å²) in [5.74, 6) is 0.882. The number of nitrogens with zero attached hydrogens (tertiary/aromatic N) is 2. The fourth-order valence-corrected chi connectivity index (χ4v) is 2.55. The van der Waals surface area contributed by atoms with E-state index in [2.05, 4.69) is 33.3 Å². The van der Waals surface area contributed by atoms with Gasteiger partial charge < -0.3 is 4.98 Å². The number of hydrogen-bond donors (Lipinski definition) is 1. The predicted molar refractivity (Wildman–Crippen MR) is 75.8 cm³/mol. The smallest absolute Gasteiger partial charge is 0.178 e. The van der Waals surface area contributed by atoms with Crippen LogP contribution in [0.1, 0.15) is 5.69 Å². The summed E-state index contributed by atoms with van der Waals surface area (Å²) in [6.45, 7) is 1.98. The second-order valence-electron chi connectivity index (χ2n) is 4.11. The van der Waals surface area contributed by atoms with Gasteiger partial charge in [0.1, 0.15) is 5.82 Å². The maximum atomic E-state index is 4.57. The zero-order valence-corrected chi connectivity index (χ0v) is 11.1. The summed E-state index contributed by atoms with van der Waals surface area (Å²) in [6.07, 6.45) is 2.07. The van der Waals surface area contributed by atoms with E-state index in [0.29, 0.717) is 0 Å². The van der Waals surface area contributed by atoms with Gasteiger partial charge in [-0.2, -0.15) is 0 Å². The molecule has 0 amide bonds. The van der Waals surface area contributed by atoms with E-state index in [0.717, 1.165) is 28.2 Å². The van der Waals surface area contributed by atoms with Gasteiger partial charge in [-0.1, -0.05) is 18.2 Å². The van der Waals surface area contributed by atoms with E-state index in [1.54, 1.807) is 11.8 Å². The summed E-state index contributed by atoms with van der Waals surface area (Å²) < 4.78 is 0. The maximum Gasteiger partial charge on any atom is 0.178 e. The number of H-pyrrole nitrogens is 1. The number of thioether (sulfide) groups is 1. The minimum Gasteiger partial charge on any atom is -0.337 e. The zero-order valence-electron chi connectivity index (χ0n) is 10.3. The second-order valence-corrected chi connectivity index (χ2v) is 4.96. The van der Waals surface area contributed by atoms with Gasteiger partial charge in [-0.3, -0.25) is 0 Å². The van der Waals surface area contributed by atoms with Crippen molar-refractivity contribution in [2.75, 3.05) is 6.26 Å². The zero-order chi connectivity index (χ0) is 12.5. The highest BCUT2D eigenvalue weighted by atomic mass is 32.2. The van der Waals surface area contributed by atoms with Crippen molar-refractivity contribution in [3.05, 3.63) is 42.1 Å². The topological polar surface area (TPSA) is 41.6 Å². The van der Waals surface area contributed by atoms with Crippen molar-refractivity contribution < 1.29 is 0 Å². The van der Waals surface area contributed by atoms with Crippen LogP contribution in [-0.2, 0) is 0 Å². The van der Waals surface area contributed by atoms with Crippen LogP contribution in [0.25, 0.3) is 22.6 Å². The van der Waals surface area contributed by atoms with Crippen molar-refractivity contribution >= 4 is 22.9 Å². The number of aromatic amines is 1. The fraction of sp³-hybridized carbons (Fsp3) is 0.143. The molecule has 0 unspecified atom stereocenters. The Balaban J connectivity index is 2.19. The Kier molecular flexibility index (Phi) is 2.80. The largest absolute Gasteiger partial charge is 0.337 e. The number of aryl methyl sites for hydroxylation is 1. The minimum absolute atomic E-state index is 0.779. The molecule has 0 aliphatic carbocycles. The predicted octanol–water partition coefficient (Wildman–Crippen LogP) is 3.66. The van der Waals surface area contributed by atoms with E-state index in [4.69, 9.17) is 0 Å². The molecule has 0 atom stereocenters. The van der Waals surface area contributed by atoms with Gasteiger partial charge in [0.25, 0.3) is 0 Å². The molecule has 2 heterocycles. The molecule has 18 heavy (non-hydrogen) atoms. The van der Waals surface area contributed by atoms with Gasteiger partial charge in [-0.05, 0) is 31.4 Å². The number of hydrogen-bond acceptors (Lipinski definition) is 3. The molecule has 0 spiro atoms. The van der Waals surface area contributed by atoms with Crippen LogP contribution in [-0.4, -0.2) is 21.2 Å². The SMILES string of the molecule is CSc1ccccc1-c1nc2nc(C)ccc2[nH]1. The van der Waals surface area contributed by atoms with Gasteiger partial charge in [0.15, 0.2) is 5.65 Å². The van der Waals surface area contributed by atoms with E-state index in [-0.39, 0.29) is 0 Å². The van der Waals surface area contributed by atoms with Crippen LogP contribution in [0, 0.1) is 6.92 Å². The number of rotatable bonds is 2. The highest BCUT2D eigenvalue weighted by Crippen LogP contribution is 2.29. The molecule has 0 fully saturated rings. The van der Waals surface area contributed by atoms with Crippen molar-refractivity contribution in [1.82, 2.24) is 15.0 Å². The second kappa shape index (κ2) is 4.46. The van der Waals surface area contributed by atoms with Crippen LogP contribution in [0.2, 0.25) is 0 Å². The number of benzene rings is 1. The Morgan fingerprint density at radius 2 is 1.89 bits per heavy atom. The van der Waals surface area contributed by atoms with E-state index in [1.165, 1.54) is 4.90 Å². The summed E-state index contributed by atoms with van der Waals surface area (Å²) in [5, 5.41) is 0. The van der Waals surface area contributed by atoms with Crippen molar-refractivity contribution in [2.24, 2.45) is 0 Å². The molecule has 90 valence electrons. The minimum atomic E-state index is 0.779. The molecule has 2 aromatic heterocycles. The Bertz CT molecular complexity index is 703. The molecule has 3 aromatic rings. The maximum absolute atomic E-state index is 4.57. The molecule has 3 nitrogen and oxygen atoms in total. The van der Waals surface area contributed by atoms with E-state index < -0.39 is 0 Å². The lowest BCUT2D eigenvalue weighted by molar-refractivity contribution is 1.22. The lowest BCUT2D eigenvalue weighted by atomic mass is 10.2. The average Bonchev–Trinajstić information content (AvgIpc) is 2.81. The molecule has 0 radical (unpaired) electrons. The first kappa shape index (κ1) is 11.3. The number of aromatic nitrogens is 3. The average molecular weight is 255 g/mol. The van der Waals surface area contributed by atoms with Crippen LogP contribution in [0.4, 0.5) is 0 Å². The Morgan fingerprint density at radius 1 is 1.06 bits per heavy atom. The van der Waals surface area contributed by atoms with Crippen LogP contribution in [0.5, 0.6) is 0 Å². The highest BCUT2D eigenvalue weighted by Gasteiger charge is 2.09. The Labute approximate surface area is 110 Å². The molecule has 0 bridgehead atoms. The molecule has 1 aromatic carbocycles. The summed E-state index contributed by atoms with van der Waals surface area (Å²) >= 11 is 1.72. The number of nitrogens with one attached hydrogen (secondary N) is 1. The number of imidazole rings is 1. The summed E-state index contributed by atoms with van der Waals surface area (Å²) in [4.78, 5) is 13.5. The third kappa shape index (κ3) is 1.88. The molecule has 0 aliphatic heterocycles. The van der Waals surface area contributed by atoms with E-state index >= 15 is 0 Å². The van der Waals surface area contributed by atoms with Gasteiger partial charge in [0.2, 0.25) is 0 Å². The molecule has 1 N–H and O–H groups in total. The molecule has 0 saturated heterocycles. The highest BCUT2D eigenvalue weighted by molar-refractivity contribution is 7.98. The van der Waals surface area contributed by atoms with Crippen LogP contribution in [0.15, 0.2) is 41.3 Å². The number of pyridine rings is 1. The third-order valence-electron chi connectivity index (χ3n) is 2.85. The molecular weight excluding hydrogens is 242 g/mol. The van der Waals surface area contributed by atoms with Crippen LogP contribution >= 0.6 is 11.8 Å². The molecule has 0 aliphatic rings. The van der Waals surface area contributed by atoms with Gasteiger partial charge in [0.05, 0.1) is 5.52 Å². The quantitative estimate of drug-likeness (QED) is 0.711. The lowest BCUT2D eigenvalue weighted by Gasteiger charge is -2.02. The van der Waals surface area contributed by atoms with Gasteiger partial charge in [0, 0.05) is 16.2 Å². The Hall–Kier alpha value is -1.81. The third-order valence-corrected chi connectivity index (χ3v) is 3.64. The van der Waals surface area contributed by atoms with Crippen LogP contribution < -0.4 is 0 Å². The first-order valence-corrected chi connectivity index (χ1v) is 6.97. The monoisotopic (exact) mass is 255 g/mol. The standard InChI is InChI=1S/C14H13N3S/c1-9-7-8-11-14(15-9)17-13(16-11)10-5-3-4-6-12(10)18-2/h3-8H,1-2H3,(H,15,16,17). The van der Waals surface area contributed by atoms with Crippen molar-refractivity contribution in [3.63, 3.8) is 0 Å². The molecule has 4 heteroatoms. The molecule has 3 rings (SSSR count). The van der Waals surface area contributed by atoms with E-state index in [1.807, 2.05) is 31.2 Å². The first-order chi connectivity index (χ1) is 8.78. The molecular formula is C14H13N3S.